The third kappa shape index (κ3) is 3.06. The highest BCUT2D eigenvalue weighted by atomic mass is 16.2. The van der Waals surface area contributed by atoms with Crippen LogP contribution in [-0.4, -0.2) is 46.3 Å². The zero-order chi connectivity index (χ0) is 12.3. The lowest BCUT2D eigenvalue weighted by Gasteiger charge is -2.34. The fourth-order valence-corrected chi connectivity index (χ4v) is 2.15. The number of amides is 1. The minimum atomic E-state index is 0.229. The van der Waals surface area contributed by atoms with Gasteiger partial charge in [0.1, 0.15) is 0 Å². The van der Waals surface area contributed by atoms with Crippen molar-refractivity contribution in [3.8, 4) is 0 Å². The molecule has 5 heteroatoms. The molecule has 1 aromatic rings. The van der Waals surface area contributed by atoms with Crippen LogP contribution in [0.25, 0.3) is 0 Å². The van der Waals surface area contributed by atoms with Crippen LogP contribution < -0.4 is 5.32 Å². The number of hydrogen-bond donors (Lipinski definition) is 1. The Kier molecular flexibility index (Phi) is 3.78. The maximum atomic E-state index is 12.0. The molecule has 2 rings (SSSR count). The van der Waals surface area contributed by atoms with Gasteiger partial charge in [0.05, 0.1) is 6.20 Å². The molecule has 17 heavy (non-hydrogen) atoms. The summed E-state index contributed by atoms with van der Waals surface area (Å²) in [7, 11) is 0. The molecular formula is C12H20N4O. The summed E-state index contributed by atoms with van der Waals surface area (Å²) in [5, 5.41) is 7.47. The van der Waals surface area contributed by atoms with E-state index in [9.17, 15) is 4.79 Å². The van der Waals surface area contributed by atoms with Gasteiger partial charge in [-0.15, -0.1) is 0 Å². The Bertz CT molecular complexity index is 388. The third-order valence-electron chi connectivity index (χ3n) is 3.14. The van der Waals surface area contributed by atoms with Crippen molar-refractivity contribution in [2.75, 3.05) is 19.6 Å². The second kappa shape index (κ2) is 5.31. The van der Waals surface area contributed by atoms with Crippen molar-refractivity contribution in [1.29, 1.82) is 0 Å². The van der Waals surface area contributed by atoms with Crippen molar-refractivity contribution >= 4 is 5.91 Å². The number of aromatic nitrogens is 2. The largest absolute Gasteiger partial charge is 0.337 e. The van der Waals surface area contributed by atoms with Crippen molar-refractivity contribution < 1.29 is 4.79 Å². The van der Waals surface area contributed by atoms with Crippen LogP contribution >= 0.6 is 0 Å². The smallest absolute Gasteiger partial charge is 0.224 e. The summed E-state index contributed by atoms with van der Waals surface area (Å²) < 4.78 is 1.83. The van der Waals surface area contributed by atoms with Gasteiger partial charge >= 0.3 is 0 Å². The van der Waals surface area contributed by atoms with E-state index in [0.717, 1.165) is 25.2 Å². The number of hydrogen-bond acceptors (Lipinski definition) is 3. The van der Waals surface area contributed by atoms with Gasteiger partial charge in [0, 0.05) is 44.8 Å². The lowest BCUT2D eigenvalue weighted by Crippen LogP contribution is -2.52. The van der Waals surface area contributed by atoms with Gasteiger partial charge in [-0.2, -0.15) is 5.10 Å². The van der Waals surface area contributed by atoms with Crippen LogP contribution in [0.3, 0.4) is 0 Å². The first-order valence-corrected chi connectivity index (χ1v) is 6.16. The van der Waals surface area contributed by atoms with Crippen LogP contribution in [0.2, 0.25) is 0 Å². The van der Waals surface area contributed by atoms with E-state index in [1.807, 2.05) is 28.9 Å². The Hall–Kier alpha value is -1.36. The Balaban J connectivity index is 1.84. The maximum Gasteiger partial charge on any atom is 0.224 e. The monoisotopic (exact) mass is 236 g/mol. The number of piperazine rings is 1. The molecule has 0 saturated carbocycles. The lowest BCUT2D eigenvalue weighted by molar-refractivity contribution is -0.134. The molecule has 0 unspecified atom stereocenters. The Morgan fingerprint density at radius 1 is 1.65 bits per heavy atom. The Morgan fingerprint density at radius 2 is 2.47 bits per heavy atom. The number of rotatable bonds is 3. The van der Waals surface area contributed by atoms with Crippen LogP contribution in [0.1, 0.15) is 18.9 Å². The minimum Gasteiger partial charge on any atom is -0.337 e. The highest BCUT2D eigenvalue weighted by Crippen LogP contribution is 2.06. The van der Waals surface area contributed by atoms with Gasteiger partial charge in [-0.3, -0.25) is 9.48 Å². The highest BCUT2D eigenvalue weighted by Gasteiger charge is 2.22. The summed E-state index contributed by atoms with van der Waals surface area (Å²) in [6.45, 7) is 7.37. The van der Waals surface area contributed by atoms with Gasteiger partial charge in [0.15, 0.2) is 0 Å². The van der Waals surface area contributed by atoms with Crippen LogP contribution in [0.15, 0.2) is 12.4 Å². The minimum absolute atomic E-state index is 0.229. The molecule has 0 spiro atoms. The molecule has 1 N–H and O–H groups in total. The molecule has 5 nitrogen and oxygen atoms in total. The average molecular weight is 236 g/mol. The Morgan fingerprint density at radius 3 is 3.12 bits per heavy atom. The molecule has 0 radical (unpaired) electrons. The summed E-state index contributed by atoms with van der Waals surface area (Å²) in [5.41, 5.74) is 1.13. The normalized spacial score (nSPS) is 20.6. The van der Waals surface area contributed by atoms with Gasteiger partial charge in [-0.25, -0.2) is 0 Å². The van der Waals surface area contributed by atoms with E-state index in [4.69, 9.17) is 0 Å². The molecule has 0 aliphatic carbocycles. The summed E-state index contributed by atoms with van der Waals surface area (Å²) in [5.74, 6) is 0.229. The second-order valence-corrected chi connectivity index (χ2v) is 4.67. The number of aryl methyl sites for hydroxylation is 2. The molecule has 1 amide bonds. The van der Waals surface area contributed by atoms with E-state index < -0.39 is 0 Å². The summed E-state index contributed by atoms with van der Waals surface area (Å²) in [6, 6.07) is 0.301. The van der Waals surface area contributed by atoms with Crippen molar-refractivity contribution in [1.82, 2.24) is 20.0 Å². The summed E-state index contributed by atoms with van der Waals surface area (Å²) in [4.78, 5) is 14.0. The molecule has 1 saturated heterocycles. The van der Waals surface area contributed by atoms with Crippen molar-refractivity contribution in [2.45, 2.75) is 32.9 Å². The first-order valence-electron chi connectivity index (χ1n) is 6.16. The first-order chi connectivity index (χ1) is 8.16. The standard InChI is InChI=1S/C12H20N4O/c1-10-7-14-15(9-10)5-3-12(17)16-6-4-13-8-11(16)2/h7,9,11,13H,3-6,8H2,1-2H3/t11-/m0/s1. The van der Waals surface area contributed by atoms with Gasteiger partial charge < -0.3 is 10.2 Å². The van der Waals surface area contributed by atoms with E-state index in [1.54, 1.807) is 0 Å². The first kappa shape index (κ1) is 12.1. The lowest BCUT2D eigenvalue weighted by atomic mass is 10.2. The molecule has 1 atom stereocenters. The zero-order valence-electron chi connectivity index (χ0n) is 10.5. The van der Waals surface area contributed by atoms with Crippen molar-refractivity contribution in [3.05, 3.63) is 18.0 Å². The summed E-state index contributed by atoms with van der Waals surface area (Å²) >= 11 is 0. The highest BCUT2D eigenvalue weighted by molar-refractivity contribution is 5.76. The predicted octanol–water partition coefficient (Wildman–Crippen LogP) is 0.402. The van der Waals surface area contributed by atoms with Gasteiger partial charge in [-0.05, 0) is 19.4 Å². The van der Waals surface area contributed by atoms with Gasteiger partial charge in [-0.1, -0.05) is 0 Å². The van der Waals surface area contributed by atoms with E-state index in [0.29, 0.717) is 19.0 Å². The molecule has 1 aliphatic rings. The SMILES string of the molecule is Cc1cnn(CCC(=O)N2CCNC[C@@H]2C)c1. The van der Waals surface area contributed by atoms with E-state index >= 15 is 0 Å². The molecule has 1 aliphatic heterocycles. The van der Waals surface area contributed by atoms with E-state index in [1.165, 1.54) is 0 Å². The number of nitrogens with zero attached hydrogens (tertiary/aromatic N) is 3. The molecule has 1 aromatic heterocycles. The van der Waals surface area contributed by atoms with Crippen molar-refractivity contribution in [3.63, 3.8) is 0 Å². The van der Waals surface area contributed by atoms with Gasteiger partial charge in [0.25, 0.3) is 0 Å². The fraction of sp³-hybridized carbons (Fsp3) is 0.667. The Labute approximate surface area is 102 Å². The van der Waals surface area contributed by atoms with E-state index in [-0.39, 0.29) is 5.91 Å². The predicted molar refractivity (Wildman–Crippen MR) is 65.6 cm³/mol. The molecular weight excluding hydrogens is 216 g/mol. The van der Waals surface area contributed by atoms with E-state index in [2.05, 4.69) is 17.3 Å². The molecule has 94 valence electrons. The van der Waals surface area contributed by atoms with Crippen molar-refractivity contribution in [2.24, 2.45) is 0 Å². The van der Waals surface area contributed by atoms with Crippen LogP contribution in [0.4, 0.5) is 0 Å². The quantitative estimate of drug-likeness (QED) is 0.826. The second-order valence-electron chi connectivity index (χ2n) is 4.67. The molecule has 2 heterocycles. The molecule has 1 fully saturated rings. The maximum absolute atomic E-state index is 12.0. The van der Waals surface area contributed by atoms with Crippen LogP contribution in [0.5, 0.6) is 0 Å². The van der Waals surface area contributed by atoms with Gasteiger partial charge in [0.2, 0.25) is 5.91 Å². The van der Waals surface area contributed by atoms with Crippen LogP contribution in [0, 0.1) is 6.92 Å². The summed E-state index contributed by atoms with van der Waals surface area (Å²) in [6.07, 6.45) is 4.32. The fourth-order valence-electron chi connectivity index (χ4n) is 2.15. The number of nitrogens with one attached hydrogen (secondary N) is 1. The number of carbonyl (C=O) groups is 1. The van der Waals surface area contributed by atoms with Crippen LogP contribution in [-0.2, 0) is 11.3 Å². The zero-order valence-corrected chi connectivity index (χ0v) is 10.5. The topological polar surface area (TPSA) is 50.2 Å². The number of carbonyl (C=O) groups excluding carboxylic acids is 1. The third-order valence-corrected chi connectivity index (χ3v) is 3.14. The molecule has 0 bridgehead atoms. The molecule has 0 aromatic carbocycles. The average Bonchev–Trinajstić information content (AvgIpc) is 2.73.